The van der Waals surface area contributed by atoms with Gasteiger partial charge in [-0.2, -0.15) is 5.26 Å². The maximum Gasteiger partial charge on any atom is 0.208 e. The molecule has 1 unspecified atom stereocenters. The van der Waals surface area contributed by atoms with E-state index in [1.165, 1.54) is 0 Å². The van der Waals surface area contributed by atoms with E-state index in [2.05, 4.69) is 33.5 Å². The van der Waals surface area contributed by atoms with E-state index in [0.717, 1.165) is 36.1 Å². The Morgan fingerprint density at radius 2 is 2.44 bits per heavy atom. The average molecular weight is 239 g/mol. The second kappa shape index (κ2) is 7.25. The molecule has 0 fully saturated rings. The number of nitriles is 1. The molecule has 0 spiro atoms. The lowest BCUT2D eigenvalue weighted by Gasteiger charge is -2.08. The second-order valence-corrected chi connectivity index (χ2v) is 4.54. The number of rotatable bonds is 7. The van der Waals surface area contributed by atoms with Gasteiger partial charge in [0, 0.05) is 5.75 Å². The van der Waals surface area contributed by atoms with Crippen LogP contribution in [0.1, 0.15) is 25.6 Å². The summed E-state index contributed by atoms with van der Waals surface area (Å²) in [6.45, 7) is 4.85. The Balaban J connectivity index is 2.21. The number of aryl methyl sites for hydroxylation is 1. The SMILES string of the molecule is CCCNC(C#N)CCSc1n[nH]c(C)n1. The molecule has 6 heteroatoms. The Labute approximate surface area is 100 Å². The monoisotopic (exact) mass is 239 g/mol. The number of H-pyrrole nitrogens is 1. The fourth-order valence-corrected chi connectivity index (χ4v) is 2.03. The van der Waals surface area contributed by atoms with Crippen molar-refractivity contribution in [1.82, 2.24) is 20.5 Å². The maximum atomic E-state index is 8.89. The third-order valence-corrected chi connectivity index (χ3v) is 2.89. The molecule has 0 saturated carbocycles. The predicted octanol–water partition coefficient (Wildman–Crippen LogP) is 1.49. The highest BCUT2D eigenvalue weighted by atomic mass is 32.2. The van der Waals surface area contributed by atoms with E-state index >= 15 is 0 Å². The second-order valence-electron chi connectivity index (χ2n) is 3.48. The highest BCUT2D eigenvalue weighted by molar-refractivity contribution is 7.99. The van der Waals surface area contributed by atoms with Gasteiger partial charge in [-0.15, -0.1) is 5.10 Å². The lowest BCUT2D eigenvalue weighted by molar-refractivity contribution is 0.585. The highest BCUT2D eigenvalue weighted by Crippen LogP contribution is 2.13. The van der Waals surface area contributed by atoms with E-state index < -0.39 is 0 Å². The van der Waals surface area contributed by atoms with Crippen LogP contribution in [0.3, 0.4) is 0 Å². The Kier molecular flexibility index (Phi) is 5.90. The smallest absolute Gasteiger partial charge is 0.208 e. The zero-order valence-electron chi connectivity index (χ0n) is 9.66. The molecule has 1 aromatic rings. The summed E-state index contributed by atoms with van der Waals surface area (Å²) in [5.74, 6) is 1.68. The van der Waals surface area contributed by atoms with Crippen LogP contribution in [0.5, 0.6) is 0 Å². The number of nitrogens with zero attached hydrogens (tertiary/aromatic N) is 3. The minimum absolute atomic E-state index is 0.0625. The molecular formula is C10H17N5S. The van der Waals surface area contributed by atoms with Gasteiger partial charge in [-0.05, 0) is 26.3 Å². The van der Waals surface area contributed by atoms with Gasteiger partial charge in [0.25, 0.3) is 0 Å². The van der Waals surface area contributed by atoms with Crippen molar-refractivity contribution in [2.75, 3.05) is 12.3 Å². The Morgan fingerprint density at radius 1 is 1.62 bits per heavy atom. The molecule has 1 heterocycles. The zero-order chi connectivity index (χ0) is 11.8. The molecular weight excluding hydrogens is 222 g/mol. The molecule has 0 amide bonds. The van der Waals surface area contributed by atoms with Gasteiger partial charge in [-0.25, -0.2) is 4.98 Å². The standard InChI is InChI=1S/C10H17N5S/c1-3-5-12-9(7-11)4-6-16-10-13-8(2)14-15-10/h9,12H,3-6H2,1-2H3,(H,13,14,15). The number of thioether (sulfide) groups is 1. The normalized spacial score (nSPS) is 12.3. The van der Waals surface area contributed by atoms with E-state index in [-0.39, 0.29) is 6.04 Å². The molecule has 0 radical (unpaired) electrons. The predicted molar refractivity (Wildman–Crippen MR) is 64.2 cm³/mol. The lowest BCUT2D eigenvalue weighted by atomic mass is 10.2. The molecule has 0 aromatic carbocycles. The first-order valence-corrected chi connectivity index (χ1v) is 6.39. The van der Waals surface area contributed by atoms with E-state index in [9.17, 15) is 0 Å². The first kappa shape index (κ1) is 13.0. The van der Waals surface area contributed by atoms with Crippen LogP contribution >= 0.6 is 11.8 Å². The van der Waals surface area contributed by atoms with Crippen molar-refractivity contribution < 1.29 is 0 Å². The summed E-state index contributed by atoms with van der Waals surface area (Å²) in [6, 6.07) is 2.19. The fraction of sp³-hybridized carbons (Fsp3) is 0.700. The summed E-state index contributed by atoms with van der Waals surface area (Å²) in [7, 11) is 0. The van der Waals surface area contributed by atoms with Crippen LogP contribution < -0.4 is 5.32 Å². The van der Waals surface area contributed by atoms with E-state index in [1.807, 2.05) is 6.92 Å². The first-order chi connectivity index (χ1) is 7.76. The molecule has 0 aliphatic carbocycles. The largest absolute Gasteiger partial charge is 0.302 e. The van der Waals surface area contributed by atoms with Crippen molar-refractivity contribution >= 4 is 11.8 Å². The van der Waals surface area contributed by atoms with E-state index in [4.69, 9.17) is 5.26 Å². The van der Waals surface area contributed by atoms with Crippen LogP contribution in [0.25, 0.3) is 0 Å². The van der Waals surface area contributed by atoms with Crippen LogP contribution in [0.4, 0.5) is 0 Å². The van der Waals surface area contributed by atoms with Crippen molar-refractivity contribution in [3.8, 4) is 6.07 Å². The van der Waals surface area contributed by atoms with Crippen molar-refractivity contribution in [3.05, 3.63) is 5.82 Å². The summed E-state index contributed by atoms with van der Waals surface area (Å²) in [6.07, 6.45) is 1.86. The summed E-state index contributed by atoms with van der Waals surface area (Å²) in [5, 5.41) is 19.7. The zero-order valence-corrected chi connectivity index (χ0v) is 10.5. The van der Waals surface area contributed by atoms with Crippen LogP contribution in [0.15, 0.2) is 5.16 Å². The molecule has 16 heavy (non-hydrogen) atoms. The maximum absolute atomic E-state index is 8.89. The number of hydrogen-bond donors (Lipinski definition) is 2. The van der Waals surface area contributed by atoms with Gasteiger partial charge in [0.1, 0.15) is 5.82 Å². The Bertz CT molecular complexity index is 343. The van der Waals surface area contributed by atoms with Crippen LogP contribution in [0.2, 0.25) is 0 Å². The quantitative estimate of drug-likeness (QED) is 0.705. The minimum atomic E-state index is -0.0625. The molecule has 88 valence electrons. The number of nitrogens with one attached hydrogen (secondary N) is 2. The number of aromatic nitrogens is 3. The van der Waals surface area contributed by atoms with Gasteiger partial charge in [0.15, 0.2) is 0 Å². The Morgan fingerprint density at radius 3 is 3.00 bits per heavy atom. The first-order valence-electron chi connectivity index (χ1n) is 5.41. The van der Waals surface area contributed by atoms with Gasteiger partial charge in [0.2, 0.25) is 5.16 Å². The summed E-state index contributed by atoms with van der Waals surface area (Å²) in [4.78, 5) is 4.19. The average Bonchev–Trinajstić information content (AvgIpc) is 2.69. The molecule has 0 bridgehead atoms. The van der Waals surface area contributed by atoms with Crippen molar-refractivity contribution in [1.29, 1.82) is 5.26 Å². The minimum Gasteiger partial charge on any atom is -0.302 e. The third-order valence-electron chi connectivity index (χ3n) is 2.01. The van der Waals surface area contributed by atoms with Gasteiger partial charge in [-0.3, -0.25) is 5.10 Å². The van der Waals surface area contributed by atoms with Crippen molar-refractivity contribution in [2.45, 2.75) is 37.9 Å². The highest BCUT2D eigenvalue weighted by Gasteiger charge is 2.07. The summed E-state index contributed by atoms with van der Waals surface area (Å²) < 4.78 is 0. The van der Waals surface area contributed by atoms with Crippen LogP contribution in [-0.2, 0) is 0 Å². The van der Waals surface area contributed by atoms with Crippen LogP contribution in [-0.4, -0.2) is 33.5 Å². The van der Waals surface area contributed by atoms with Gasteiger partial charge in [-0.1, -0.05) is 18.7 Å². The molecule has 0 aliphatic rings. The van der Waals surface area contributed by atoms with Gasteiger partial charge < -0.3 is 5.32 Å². The lowest BCUT2D eigenvalue weighted by Crippen LogP contribution is -2.28. The van der Waals surface area contributed by atoms with Gasteiger partial charge in [0.05, 0.1) is 12.1 Å². The molecule has 5 nitrogen and oxygen atoms in total. The summed E-state index contributed by atoms with van der Waals surface area (Å²) in [5.41, 5.74) is 0. The topological polar surface area (TPSA) is 77.4 Å². The fourth-order valence-electron chi connectivity index (χ4n) is 1.19. The Hall–Kier alpha value is -1.06. The molecule has 0 saturated heterocycles. The molecule has 1 atom stereocenters. The third kappa shape index (κ3) is 4.64. The van der Waals surface area contributed by atoms with E-state index in [0.29, 0.717) is 0 Å². The molecule has 2 N–H and O–H groups in total. The summed E-state index contributed by atoms with van der Waals surface area (Å²) >= 11 is 1.57. The number of aromatic amines is 1. The molecule has 1 aromatic heterocycles. The van der Waals surface area contributed by atoms with Gasteiger partial charge >= 0.3 is 0 Å². The molecule has 1 rings (SSSR count). The molecule has 0 aliphatic heterocycles. The van der Waals surface area contributed by atoms with Crippen LogP contribution in [0, 0.1) is 18.3 Å². The van der Waals surface area contributed by atoms with Crippen molar-refractivity contribution in [2.24, 2.45) is 0 Å². The van der Waals surface area contributed by atoms with E-state index in [1.54, 1.807) is 11.8 Å². The van der Waals surface area contributed by atoms with Crippen molar-refractivity contribution in [3.63, 3.8) is 0 Å². The number of hydrogen-bond acceptors (Lipinski definition) is 5.